The maximum atomic E-state index is 12.8. The van der Waals surface area contributed by atoms with E-state index in [1.54, 1.807) is 14.0 Å². The molecule has 3 heterocycles. The topological polar surface area (TPSA) is 125 Å². The number of benzene rings is 1. The van der Waals surface area contributed by atoms with Gasteiger partial charge in [-0.25, -0.2) is 14.8 Å². The number of aromatic nitrogens is 6. The Hall–Kier alpha value is -3.38. The van der Waals surface area contributed by atoms with Gasteiger partial charge in [0.1, 0.15) is 15.4 Å². The second-order valence-corrected chi connectivity index (χ2v) is 8.73. The first-order chi connectivity index (χ1) is 14.8. The Morgan fingerprint density at radius 3 is 2.52 bits per heavy atom. The number of carbonyl (C=O) groups is 1. The number of aryl methyl sites for hydroxylation is 2. The molecule has 4 aromatic rings. The van der Waals surface area contributed by atoms with E-state index in [4.69, 9.17) is 0 Å². The van der Waals surface area contributed by atoms with E-state index >= 15 is 0 Å². The molecule has 0 bridgehead atoms. The largest absolute Gasteiger partial charge is 0.332 e. The van der Waals surface area contributed by atoms with E-state index in [1.165, 1.54) is 23.0 Å². The third-order valence-corrected chi connectivity index (χ3v) is 6.14. The van der Waals surface area contributed by atoms with Crippen LogP contribution >= 0.6 is 23.1 Å². The van der Waals surface area contributed by atoms with Crippen LogP contribution in [0.1, 0.15) is 5.01 Å². The highest BCUT2D eigenvalue weighted by atomic mass is 32.2. The van der Waals surface area contributed by atoms with Crippen molar-refractivity contribution < 1.29 is 4.79 Å². The Balaban J connectivity index is 1.77. The molecule has 1 N–H and O–H groups in total. The molecule has 1 aromatic carbocycles. The molecule has 158 valence electrons. The number of rotatable bonds is 5. The molecule has 0 spiro atoms. The molecular formula is C19H17N7O3S2. The Kier molecular flexibility index (Phi) is 5.65. The maximum absolute atomic E-state index is 12.8. The smallest absolute Gasteiger partial charge is 0.300 e. The second-order valence-electron chi connectivity index (χ2n) is 6.59. The predicted molar refractivity (Wildman–Crippen MR) is 119 cm³/mol. The van der Waals surface area contributed by atoms with E-state index in [0.717, 1.165) is 26.9 Å². The van der Waals surface area contributed by atoms with Gasteiger partial charge in [-0.15, -0.1) is 10.2 Å². The molecular weight excluding hydrogens is 438 g/mol. The van der Waals surface area contributed by atoms with Crippen molar-refractivity contribution in [2.24, 2.45) is 14.1 Å². The van der Waals surface area contributed by atoms with Gasteiger partial charge in [0, 0.05) is 19.7 Å². The van der Waals surface area contributed by atoms with Crippen LogP contribution in [-0.2, 0) is 18.9 Å². The molecule has 10 nitrogen and oxygen atoms in total. The average Bonchev–Trinajstić information content (AvgIpc) is 3.19. The van der Waals surface area contributed by atoms with Crippen molar-refractivity contribution in [2.75, 3.05) is 11.1 Å². The first-order valence-electron chi connectivity index (χ1n) is 9.11. The minimum atomic E-state index is -0.514. The second kappa shape index (κ2) is 8.40. The van der Waals surface area contributed by atoms with E-state index in [9.17, 15) is 14.4 Å². The standard InChI is InChI=1S/C19H17N7O3S2/c1-10-23-24-18(31-10)20-12(27)9-30-16-13-15(25(2)19(29)26(3)17(13)28)21-14(22-16)11-7-5-4-6-8-11/h4-8H,9H2,1-3H3,(H,20,24,27). The van der Waals surface area contributed by atoms with Crippen LogP contribution < -0.4 is 16.6 Å². The van der Waals surface area contributed by atoms with Crippen molar-refractivity contribution >= 4 is 45.2 Å². The fraction of sp³-hybridized carbons (Fsp3) is 0.211. The number of anilines is 1. The number of carbonyl (C=O) groups excluding carboxylic acids is 1. The molecule has 0 aliphatic rings. The zero-order valence-electron chi connectivity index (χ0n) is 16.8. The van der Waals surface area contributed by atoms with E-state index < -0.39 is 11.2 Å². The number of fused-ring (bicyclic) bond motifs is 1. The molecule has 0 radical (unpaired) electrons. The van der Waals surface area contributed by atoms with Crippen molar-refractivity contribution in [3.8, 4) is 11.4 Å². The van der Waals surface area contributed by atoms with Gasteiger partial charge in [0.05, 0.1) is 5.75 Å². The van der Waals surface area contributed by atoms with Gasteiger partial charge in [0.25, 0.3) is 5.56 Å². The van der Waals surface area contributed by atoms with Gasteiger partial charge in [0.15, 0.2) is 11.5 Å². The first-order valence-corrected chi connectivity index (χ1v) is 10.9. The zero-order chi connectivity index (χ0) is 22.1. The summed E-state index contributed by atoms with van der Waals surface area (Å²) >= 11 is 2.36. The Labute approximate surface area is 184 Å². The lowest BCUT2D eigenvalue weighted by Gasteiger charge is -2.12. The van der Waals surface area contributed by atoms with Gasteiger partial charge in [0.2, 0.25) is 11.0 Å². The van der Waals surface area contributed by atoms with Crippen LogP contribution in [0.2, 0.25) is 0 Å². The molecule has 12 heteroatoms. The maximum Gasteiger partial charge on any atom is 0.332 e. The lowest BCUT2D eigenvalue weighted by molar-refractivity contribution is -0.113. The van der Waals surface area contributed by atoms with Crippen molar-refractivity contribution in [1.82, 2.24) is 29.3 Å². The molecule has 0 fully saturated rings. The third-order valence-electron chi connectivity index (χ3n) is 4.41. The highest BCUT2D eigenvalue weighted by Crippen LogP contribution is 2.26. The fourth-order valence-electron chi connectivity index (χ4n) is 2.89. The average molecular weight is 456 g/mol. The van der Waals surface area contributed by atoms with Gasteiger partial charge >= 0.3 is 5.69 Å². The van der Waals surface area contributed by atoms with Gasteiger partial charge in [-0.05, 0) is 6.92 Å². The number of nitrogens with zero attached hydrogens (tertiary/aromatic N) is 6. The van der Waals surface area contributed by atoms with Crippen LogP contribution in [0.3, 0.4) is 0 Å². The predicted octanol–water partition coefficient (Wildman–Crippen LogP) is 1.58. The number of amides is 1. The summed E-state index contributed by atoms with van der Waals surface area (Å²) in [4.78, 5) is 46.7. The van der Waals surface area contributed by atoms with Crippen molar-refractivity contribution in [2.45, 2.75) is 11.9 Å². The summed E-state index contributed by atoms with van der Waals surface area (Å²) in [5.41, 5.74) is -0.0614. The van der Waals surface area contributed by atoms with Crippen LogP contribution in [0.15, 0.2) is 44.9 Å². The minimum Gasteiger partial charge on any atom is -0.300 e. The zero-order valence-corrected chi connectivity index (χ0v) is 18.5. The summed E-state index contributed by atoms with van der Waals surface area (Å²) < 4.78 is 2.31. The van der Waals surface area contributed by atoms with E-state index in [0.29, 0.717) is 16.0 Å². The van der Waals surface area contributed by atoms with Gasteiger partial charge in [-0.1, -0.05) is 53.4 Å². The van der Waals surface area contributed by atoms with Gasteiger partial charge < -0.3 is 0 Å². The number of nitrogens with one attached hydrogen (secondary N) is 1. The highest BCUT2D eigenvalue weighted by Gasteiger charge is 2.19. The van der Waals surface area contributed by atoms with Crippen molar-refractivity contribution in [3.63, 3.8) is 0 Å². The van der Waals surface area contributed by atoms with Crippen molar-refractivity contribution in [1.29, 1.82) is 0 Å². The number of hydrogen-bond donors (Lipinski definition) is 1. The molecule has 0 atom stereocenters. The Bertz CT molecular complexity index is 1410. The lowest BCUT2D eigenvalue weighted by atomic mass is 10.2. The summed E-state index contributed by atoms with van der Waals surface area (Å²) in [5, 5.41) is 12.1. The first kappa shape index (κ1) is 20.9. The Morgan fingerprint density at radius 1 is 1.10 bits per heavy atom. The molecule has 0 saturated heterocycles. The quantitative estimate of drug-likeness (QED) is 0.355. The molecule has 1 amide bonds. The normalized spacial score (nSPS) is 11.1. The van der Waals surface area contributed by atoms with Crippen LogP contribution in [0.5, 0.6) is 0 Å². The fourth-order valence-corrected chi connectivity index (χ4v) is 4.31. The summed E-state index contributed by atoms with van der Waals surface area (Å²) in [6, 6.07) is 9.22. The minimum absolute atomic E-state index is 0.00896. The monoisotopic (exact) mass is 455 g/mol. The molecule has 0 aliphatic carbocycles. The summed E-state index contributed by atoms with van der Waals surface area (Å²) in [7, 11) is 2.94. The van der Waals surface area contributed by atoms with Gasteiger partial charge in [-0.2, -0.15) is 0 Å². The molecule has 4 rings (SSSR count). The number of thioether (sulfide) groups is 1. The Morgan fingerprint density at radius 2 is 1.84 bits per heavy atom. The summed E-state index contributed by atoms with van der Waals surface area (Å²) in [6.45, 7) is 1.79. The molecule has 0 unspecified atom stereocenters. The summed E-state index contributed by atoms with van der Waals surface area (Å²) in [5.74, 6) is 0.0418. The van der Waals surface area contributed by atoms with Crippen molar-refractivity contribution in [3.05, 3.63) is 56.2 Å². The molecule has 0 aliphatic heterocycles. The van der Waals surface area contributed by atoms with E-state index in [2.05, 4.69) is 25.5 Å². The van der Waals surface area contributed by atoms with Crippen LogP contribution in [0.4, 0.5) is 5.13 Å². The van der Waals surface area contributed by atoms with Crippen LogP contribution in [0.25, 0.3) is 22.4 Å². The van der Waals surface area contributed by atoms with E-state index in [1.807, 2.05) is 30.3 Å². The lowest BCUT2D eigenvalue weighted by Crippen LogP contribution is -2.37. The van der Waals surface area contributed by atoms with Crippen LogP contribution in [-0.4, -0.2) is 41.0 Å². The third kappa shape index (κ3) is 4.11. The van der Waals surface area contributed by atoms with E-state index in [-0.39, 0.29) is 22.7 Å². The SMILES string of the molecule is Cc1nnc(NC(=O)CSc2nc(-c3ccccc3)nc3c2c(=O)n(C)c(=O)n3C)s1. The molecule has 3 aromatic heterocycles. The number of hydrogen-bond acceptors (Lipinski definition) is 9. The van der Waals surface area contributed by atoms with Crippen LogP contribution in [0, 0.1) is 6.92 Å². The molecule has 0 saturated carbocycles. The highest BCUT2D eigenvalue weighted by molar-refractivity contribution is 8.00. The summed E-state index contributed by atoms with van der Waals surface area (Å²) in [6.07, 6.45) is 0. The van der Waals surface area contributed by atoms with Gasteiger partial charge in [-0.3, -0.25) is 24.0 Å². The molecule has 31 heavy (non-hydrogen) atoms.